The van der Waals surface area contributed by atoms with Gasteiger partial charge in [0.15, 0.2) is 11.5 Å². The zero-order valence-corrected chi connectivity index (χ0v) is 12.5. The van der Waals surface area contributed by atoms with Gasteiger partial charge in [-0.2, -0.15) is 18.4 Å². The maximum Gasteiger partial charge on any atom is 0.416 e. The van der Waals surface area contributed by atoms with Crippen molar-refractivity contribution < 1.29 is 17.9 Å². The number of hydrogen-bond acceptors (Lipinski definition) is 5. The molecule has 0 bridgehead atoms. The van der Waals surface area contributed by atoms with Crippen molar-refractivity contribution in [1.29, 1.82) is 5.26 Å². The number of halogens is 3. The molecular formula is C16H13F3N4O. The Morgan fingerprint density at radius 2 is 1.88 bits per heavy atom. The number of ether oxygens (including phenoxy) is 1. The highest BCUT2D eigenvalue weighted by molar-refractivity contribution is 5.50. The van der Waals surface area contributed by atoms with Gasteiger partial charge in [-0.1, -0.05) is 12.1 Å². The summed E-state index contributed by atoms with van der Waals surface area (Å²) in [6.45, 7) is 1.30. The molecule has 1 aromatic carbocycles. The first kappa shape index (κ1) is 16.2. The van der Waals surface area contributed by atoms with Gasteiger partial charge in [-0.05, 0) is 17.7 Å². The molecule has 1 saturated heterocycles. The Kier molecular flexibility index (Phi) is 4.36. The summed E-state index contributed by atoms with van der Waals surface area (Å²) in [6, 6.07) is 6.91. The number of anilines is 1. The van der Waals surface area contributed by atoms with E-state index < -0.39 is 17.8 Å². The zero-order valence-electron chi connectivity index (χ0n) is 12.5. The molecule has 1 atom stereocenters. The lowest BCUT2D eigenvalue weighted by Crippen LogP contribution is -2.39. The largest absolute Gasteiger partial charge is 0.416 e. The van der Waals surface area contributed by atoms with E-state index in [0.717, 1.165) is 12.1 Å². The molecular weight excluding hydrogens is 321 g/mol. The summed E-state index contributed by atoms with van der Waals surface area (Å²) in [5, 5.41) is 9.12. The minimum atomic E-state index is -4.36. The number of alkyl halides is 3. The summed E-state index contributed by atoms with van der Waals surface area (Å²) < 4.78 is 43.6. The molecule has 0 amide bonds. The molecule has 2 aromatic rings. The van der Waals surface area contributed by atoms with Crippen LogP contribution >= 0.6 is 0 Å². The average molecular weight is 334 g/mol. The molecule has 1 aliphatic rings. The third kappa shape index (κ3) is 3.31. The van der Waals surface area contributed by atoms with Crippen LogP contribution in [0.15, 0.2) is 36.7 Å². The number of morpholine rings is 1. The molecule has 0 radical (unpaired) electrons. The van der Waals surface area contributed by atoms with Crippen molar-refractivity contribution in [1.82, 2.24) is 9.97 Å². The molecule has 0 unspecified atom stereocenters. The predicted octanol–water partition coefficient (Wildman–Crippen LogP) is 2.94. The van der Waals surface area contributed by atoms with Crippen LogP contribution in [0.1, 0.15) is 22.9 Å². The Bertz CT molecular complexity index is 755. The number of benzene rings is 1. The second-order valence-corrected chi connectivity index (χ2v) is 5.27. The molecule has 1 fully saturated rings. The zero-order chi connectivity index (χ0) is 17.2. The van der Waals surface area contributed by atoms with Gasteiger partial charge in [0.1, 0.15) is 12.2 Å². The lowest BCUT2D eigenvalue weighted by atomic mass is 10.1. The highest BCUT2D eigenvalue weighted by atomic mass is 19.4. The Morgan fingerprint density at radius 3 is 2.54 bits per heavy atom. The van der Waals surface area contributed by atoms with Crippen LogP contribution in [-0.4, -0.2) is 29.7 Å². The van der Waals surface area contributed by atoms with Crippen molar-refractivity contribution >= 4 is 5.82 Å². The fourth-order valence-electron chi connectivity index (χ4n) is 2.57. The maximum atomic E-state index is 12.6. The van der Waals surface area contributed by atoms with Crippen LogP contribution < -0.4 is 4.90 Å². The summed E-state index contributed by atoms with van der Waals surface area (Å²) >= 11 is 0. The third-order valence-electron chi connectivity index (χ3n) is 3.76. The van der Waals surface area contributed by atoms with Crippen molar-refractivity contribution in [2.24, 2.45) is 0 Å². The number of hydrogen-bond donors (Lipinski definition) is 0. The van der Waals surface area contributed by atoms with Gasteiger partial charge in [0.2, 0.25) is 0 Å². The van der Waals surface area contributed by atoms with E-state index in [-0.39, 0.29) is 5.69 Å². The van der Waals surface area contributed by atoms with Crippen molar-refractivity contribution in [2.75, 3.05) is 24.6 Å². The molecule has 0 N–H and O–H groups in total. The summed E-state index contributed by atoms with van der Waals surface area (Å²) in [6.07, 6.45) is -1.82. The summed E-state index contributed by atoms with van der Waals surface area (Å²) in [4.78, 5) is 10.0. The first-order valence-electron chi connectivity index (χ1n) is 7.24. The van der Waals surface area contributed by atoms with Gasteiger partial charge in [0.05, 0.1) is 12.2 Å². The van der Waals surface area contributed by atoms with Crippen LogP contribution in [0.25, 0.3) is 0 Å². The Hall–Kier alpha value is -2.66. The van der Waals surface area contributed by atoms with Crippen LogP contribution in [-0.2, 0) is 10.9 Å². The highest BCUT2D eigenvalue weighted by Gasteiger charge is 2.31. The monoisotopic (exact) mass is 334 g/mol. The van der Waals surface area contributed by atoms with Crippen molar-refractivity contribution in [3.05, 3.63) is 53.5 Å². The van der Waals surface area contributed by atoms with Gasteiger partial charge in [-0.3, -0.25) is 0 Å². The first-order valence-corrected chi connectivity index (χ1v) is 7.24. The highest BCUT2D eigenvalue weighted by Crippen LogP contribution is 2.31. The lowest BCUT2D eigenvalue weighted by molar-refractivity contribution is -0.137. The average Bonchev–Trinajstić information content (AvgIpc) is 2.61. The first-order chi connectivity index (χ1) is 11.5. The van der Waals surface area contributed by atoms with E-state index in [1.165, 1.54) is 24.5 Å². The number of nitrogens with zero attached hydrogens (tertiary/aromatic N) is 4. The number of aromatic nitrogens is 2. The minimum absolute atomic E-state index is 0.213. The normalized spacial score (nSPS) is 18.2. The smallest absolute Gasteiger partial charge is 0.370 e. The van der Waals surface area contributed by atoms with Gasteiger partial charge < -0.3 is 9.64 Å². The number of rotatable bonds is 2. The second-order valence-electron chi connectivity index (χ2n) is 5.27. The van der Waals surface area contributed by atoms with Crippen molar-refractivity contribution in [3.8, 4) is 6.07 Å². The fourth-order valence-corrected chi connectivity index (χ4v) is 2.57. The fraction of sp³-hybridized carbons (Fsp3) is 0.312. The summed E-state index contributed by atoms with van der Waals surface area (Å²) in [5.74, 6) is 0.459. The van der Waals surface area contributed by atoms with Crippen molar-refractivity contribution in [3.63, 3.8) is 0 Å². The minimum Gasteiger partial charge on any atom is -0.370 e. The van der Waals surface area contributed by atoms with E-state index in [0.29, 0.717) is 31.1 Å². The molecule has 0 spiro atoms. The van der Waals surface area contributed by atoms with E-state index in [2.05, 4.69) is 9.97 Å². The quantitative estimate of drug-likeness (QED) is 0.845. The van der Waals surface area contributed by atoms with E-state index in [4.69, 9.17) is 10.00 Å². The van der Waals surface area contributed by atoms with E-state index in [1.807, 2.05) is 11.0 Å². The molecule has 0 aliphatic carbocycles. The second kappa shape index (κ2) is 6.45. The number of nitriles is 1. The van der Waals surface area contributed by atoms with Gasteiger partial charge in [0.25, 0.3) is 0 Å². The van der Waals surface area contributed by atoms with E-state index in [9.17, 15) is 13.2 Å². The SMILES string of the molecule is N#Cc1nccnc1N1CCO[C@H](c2ccc(C(F)(F)F)cc2)C1. The van der Waals surface area contributed by atoms with Gasteiger partial charge in [-0.15, -0.1) is 0 Å². The van der Waals surface area contributed by atoms with Crippen LogP contribution in [0, 0.1) is 11.3 Å². The van der Waals surface area contributed by atoms with E-state index in [1.54, 1.807) is 0 Å². The maximum absolute atomic E-state index is 12.6. The summed E-state index contributed by atoms with van der Waals surface area (Å²) in [5.41, 5.74) is 0.167. The molecule has 124 valence electrons. The molecule has 2 heterocycles. The molecule has 1 aromatic heterocycles. The lowest BCUT2D eigenvalue weighted by Gasteiger charge is -2.34. The summed E-state index contributed by atoms with van der Waals surface area (Å²) in [7, 11) is 0. The predicted molar refractivity (Wildman–Crippen MR) is 79.1 cm³/mol. The Balaban J connectivity index is 1.80. The standard InChI is InChI=1S/C16H13F3N4O/c17-16(18,19)12-3-1-11(2-4-12)14-10-23(7-8-24-14)15-13(9-20)21-5-6-22-15/h1-6,14H,7-8,10H2/t14-/m0/s1. The molecule has 8 heteroatoms. The Morgan fingerprint density at radius 1 is 1.17 bits per heavy atom. The van der Waals surface area contributed by atoms with Crippen LogP contribution in [0.4, 0.5) is 19.0 Å². The van der Waals surface area contributed by atoms with Crippen LogP contribution in [0.3, 0.4) is 0 Å². The van der Waals surface area contributed by atoms with Crippen LogP contribution in [0.2, 0.25) is 0 Å². The van der Waals surface area contributed by atoms with Gasteiger partial charge in [-0.25, -0.2) is 9.97 Å². The Labute approximate surface area is 136 Å². The van der Waals surface area contributed by atoms with Gasteiger partial charge >= 0.3 is 6.18 Å². The third-order valence-corrected chi connectivity index (χ3v) is 3.76. The van der Waals surface area contributed by atoms with Crippen LogP contribution in [0.5, 0.6) is 0 Å². The molecule has 0 saturated carbocycles. The van der Waals surface area contributed by atoms with Gasteiger partial charge in [0, 0.05) is 25.5 Å². The molecule has 3 rings (SSSR count). The topological polar surface area (TPSA) is 62.0 Å². The molecule has 5 nitrogen and oxygen atoms in total. The van der Waals surface area contributed by atoms with E-state index >= 15 is 0 Å². The van der Waals surface area contributed by atoms with Crippen molar-refractivity contribution in [2.45, 2.75) is 12.3 Å². The molecule has 1 aliphatic heterocycles. The molecule has 24 heavy (non-hydrogen) atoms.